The third kappa shape index (κ3) is 5.25. The fraction of sp³-hybridized carbons (Fsp3) is 0.318. The zero-order chi connectivity index (χ0) is 19.1. The predicted molar refractivity (Wildman–Crippen MR) is 105 cm³/mol. The topological polar surface area (TPSA) is 41.3 Å². The highest BCUT2D eigenvalue weighted by atomic mass is 19.1. The molecule has 1 heterocycles. The Bertz CT molecular complexity index is 814. The molecular formula is C22H26FN3O. The molecule has 27 heavy (non-hydrogen) atoms. The van der Waals surface area contributed by atoms with Gasteiger partial charge in [-0.3, -0.25) is 9.58 Å². The van der Waals surface area contributed by atoms with Crippen molar-refractivity contribution in [1.29, 1.82) is 0 Å². The molecule has 3 aromatic rings. The molecule has 0 amide bonds. The molecule has 5 heteroatoms. The second-order valence-corrected chi connectivity index (χ2v) is 6.75. The number of aliphatic hydroxyl groups is 1. The second kappa shape index (κ2) is 9.44. The Morgan fingerprint density at radius 3 is 2.41 bits per heavy atom. The van der Waals surface area contributed by atoms with E-state index in [-0.39, 0.29) is 18.5 Å². The summed E-state index contributed by atoms with van der Waals surface area (Å²) in [5.41, 5.74) is 3.45. The van der Waals surface area contributed by atoms with Crippen molar-refractivity contribution in [2.24, 2.45) is 0 Å². The first-order valence-electron chi connectivity index (χ1n) is 9.33. The molecular weight excluding hydrogens is 341 g/mol. The van der Waals surface area contributed by atoms with Crippen molar-refractivity contribution >= 4 is 0 Å². The lowest BCUT2D eigenvalue weighted by molar-refractivity contribution is 0.106. The maximum Gasteiger partial charge on any atom is 0.123 e. The maximum absolute atomic E-state index is 13.2. The smallest absolute Gasteiger partial charge is 0.123 e. The van der Waals surface area contributed by atoms with Gasteiger partial charge in [0.25, 0.3) is 0 Å². The number of hydrogen-bond acceptors (Lipinski definition) is 3. The van der Waals surface area contributed by atoms with Crippen LogP contribution in [0.2, 0.25) is 0 Å². The van der Waals surface area contributed by atoms with Gasteiger partial charge in [-0.1, -0.05) is 43.3 Å². The highest BCUT2D eigenvalue weighted by Crippen LogP contribution is 2.19. The van der Waals surface area contributed by atoms with Crippen LogP contribution >= 0.6 is 0 Å². The molecule has 1 atom stereocenters. The number of aromatic nitrogens is 2. The van der Waals surface area contributed by atoms with Crippen molar-refractivity contribution in [3.8, 4) is 0 Å². The predicted octanol–water partition coefficient (Wildman–Crippen LogP) is 3.84. The average Bonchev–Trinajstić information content (AvgIpc) is 3.19. The van der Waals surface area contributed by atoms with Gasteiger partial charge in [0.2, 0.25) is 0 Å². The van der Waals surface area contributed by atoms with Crippen LogP contribution in [0.5, 0.6) is 0 Å². The second-order valence-electron chi connectivity index (χ2n) is 6.75. The van der Waals surface area contributed by atoms with Gasteiger partial charge < -0.3 is 5.11 Å². The molecule has 4 nitrogen and oxygen atoms in total. The zero-order valence-corrected chi connectivity index (χ0v) is 15.6. The van der Waals surface area contributed by atoms with Gasteiger partial charge in [-0.05, 0) is 41.3 Å². The molecule has 0 aliphatic carbocycles. The summed E-state index contributed by atoms with van der Waals surface area (Å²) < 4.78 is 15.1. The SMILES string of the molecule is CC[C@H](CO)N(Cc1ccc(F)cc1)Cc1ccccc1Cn1cccn1. The molecule has 0 spiro atoms. The van der Waals surface area contributed by atoms with E-state index in [1.807, 2.05) is 41.2 Å². The molecule has 0 aliphatic rings. The Morgan fingerprint density at radius 2 is 1.78 bits per heavy atom. The van der Waals surface area contributed by atoms with Crippen LogP contribution < -0.4 is 0 Å². The van der Waals surface area contributed by atoms with Gasteiger partial charge in [0, 0.05) is 31.5 Å². The van der Waals surface area contributed by atoms with Crippen molar-refractivity contribution in [2.75, 3.05) is 6.61 Å². The lowest BCUT2D eigenvalue weighted by Crippen LogP contribution is -2.36. The number of nitrogens with zero attached hydrogens (tertiary/aromatic N) is 3. The lowest BCUT2D eigenvalue weighted by atomic mass is 10.0. The summed E-state index contributed by atoms with van der Waals surface area (Å²) in [5.74, 6) is -0.232. The van der Waals surface area contributed by atoms with E-state index in [4.69, 9.17) is 0 Å². The first-order valence-corrected chi connectivity index (χ1v) is 9.33. The van der Waals surface area contributed by atoms with Crippen LogP contribution in [0.25, 0.3) is 0 Å². The van der Waals surface area contributed by atoms with Crippen molar-refractivity contribution in [3.05, 3.63) is 89.5 Å². The average molecular weight is 367 g/mol. The van der Waals surface area contributed by atoms with E-state index in [9.17, 15) is 9.50 Å². The molecule has 0 radical (unpaired) electrons. The van der Waals surface area contributed by atoms with E-state index in [0.29, 0.717) is 19.6 Å². The normalized spacial score (nSPS) is 12.4. The number of aliphatic hydroxyl groups excluding tert-OH is 1. The fourth-order valence-corrected chi connectivity index (χ4v) is 3.29. The highest BCUT2D eigenvalue weighted by Gasteiger charge is 2.18. The molecule has 2 aromatic carbocycles. The summed E-state index contributed by atoms with van der Waals surface area (Å²) in [6, 6.07) is 16.9. The molecule has 0 bridgehead atoms. The third-order valence-electron chi connectivity index (χ3n) is 4.88. The molecule has 0 unspecified atom stereocenters. The highest BCUT2D eigenvalue weighted by molar-refractivity contribution is 5.27. The first-order chi connectivity index (χ1) is 13.2. The Balaban J connectivity index is 1.82. The van der Waals surface area contributed by atoms with Gasteiger partial charge in [0.05, 0.1) is 13.2 Å². The Hall–Kier alpha value is -2.50. The number of halogens is 1. The van der Waals surface area contributed by atoms with Crippen molar-refractivity contribution in [3.63, 3.8) is 0 Å². The monoisotopic (exact) mass is 367 g/mol. The lowest BCUT2D eigenvalue weighted by Gasteiger charge is -2.30. The molecule has 3 rings (SSSR count). The summed E-state index contributed by atoms with van der Waals surface area (Å²) in [7, 11) is 0. The van der Waals surface area contributed by atoms with Crippen LogP contribution in [0.4, 0.5) is 4.39 Å². The van der Waals surface area contributed by atoms with Gasteiger partial charge in [0.15, 0.2) is 0 Å². The summed E-state index contributed by atoms with van der Waals surface area (Å²) >= 11 is 0. The molecule has 0 saturated carbocycles. The van der Waals surface area contributed by atoms with E-state index in [2.05, 4.69) is 29.1 Å². The van der Waals surface area contributed by atoms with E-state index in [0.717, 1.165) is 12.0 Å². The minimum absolute atomic E-state index is 0.0489. The van der Waals surface area contributed by atoms with Crippen molar-refractivity contribution in [1.82, 2.24) is 14.7 Å². The fourth-order valence-electron chi connectivity index (χ4n) is 3.29. The van der Waals surface area contributed by atoms with E-state index >= 15 is 0 Å². The molecule has 0 saturated heterocycles. The Morgan fingerprint density at radius 1 is 1.04 bits per heavy atom. The largest absolute Gasteiger partial charge is 0.395 e. The number of benzene rings is 2. The number of hydrogen-bond donors (Lipinski definition) is 1. The molecule has 1 N–H and O–H groups in total. The van der Waals surface area contributed by atoms with E-state index in [1.165, 1.54) is 23.3 Å². The summed E-state index contributed by atoms with van der Waals surface area (Å²) in [4.78, 5) is 2.26. The standard InChI is InChI=1S/C22H26FN3O/c1-2-22(17-27)25(14-18-8-10-21(23)11-9-18)15-19-6-3-4-7-20(19)16-26-13-5-12-24-26/h3-13,22,27H,2,14-17H2,1H3/t22-/m1/s1. The van der Waals surface area contributed by atoms with Gasteiger partial charge in [-0.25, -0.2) is 4.39 Å². The van der Waals surface area contributed by atoms with E-state index in [1.54, 1.807) is 6.20 Å². The van der Waals surface area contributed by atoms with E-state index < -0.39 is 0 Å². The van der Waals surface area contributed by atoms with Crippen LogP contribution in [0, 0.1) is 5.82 Å². The van der Waals surface area contributed by atoms with Crippen LogP contribution in [0.3, 0.4) is 0 Å². The maximum atomic E-state index is 13.2. The third-order valence-corrected chi connectivity index (χ3v) is 4.88. The van der Waals surface area contributed by atoms with Crippen molar-refractivity contribution < 1.29 is 9.50 Å². The summed E-state index contributed by atoms with van der Waals surface area (Å²) in [6.07, 6.45) is 4.58. The van der Waals surface area contributed by atoms with Gasteiger partial charge in [-0.15, -0.1) is 0 Å². The van der Waals surface area contributed by atoms with Crippen molar-refractivity contribution in [2.45, 2.75) is 39.0 Å². The molecule has 0 fully saturated rings. The summed E-state index contributed by atoms with van der Waals surface area (Å²) in [5, 5.41) is 14.2. The molecule has 0 aliphatic heterocycles. The Kier molecular flexibility index (Phi) is 6.74. The molecule has 142 valence electrons. The van der Waals surface area contributed by atoms with Crippen LogP contribution in [0.15, 0.2) is 67.0 Å². The minimum Gasteiger partial charge on any atom is -0.395 e. The molecule has 1 aromatic heterocycles. The van der Waals surface area contributed by atoms with Crippen LogP contribution in [-0.4, -0.2) is 32.4 Å². The first kappa shape index (κ1) is 19.3. The van der Waals surface area contributed by atoms with Crippen LogP contribution in [0.1, 0.15) is 30.0 Å². The summed E-state index contributed by atoms with van der Waals surface area (Å²) in [6.45, 7) is 4.26. The zero-order valence-electron chi connectivity index (χ0n) is 15.6. The quantitative estimate of drug-likeness (QED) is 0.625. The van der Waals surface area contributed by atoms with Gasteiger partial charge >= 0.3 is 0 Å². The number of rotatable bonds is 9. The van der Waals surface area contributed by atoms with Gasteiger partial charge in [-0.2, -0.15) is 5.10 Å². The Labute approximate surface area is 159 Å². The van der Waals surface area contributed by atoms with Gasteiger partial charge in [0.1, 0.15) is 5.82 Å². The van der Waals surface area contributed by atoms with Crippen LogP contribution in [-0.2, 0) is 19.6 Å². The minimum atomic E-state index is -0.232.